The molecule has 1 atom stereocenters. The second-order valence-corrected chi connectivity index (χ2v) is 4.79. The molecule has 3 heteroatoms. The van der Waals surface area contributed by atoms with Crippen LogP contribution in [0, 0.1) is 0 Å². The molecule has 0 amide bonds. The van der Waals surface area contributed by atoms with Gasteiger partial charge in [0.1, 0.15) is 5.75 Å². The third-order valence-corrected chi connectivity index (χ3v) is 3.31. The first-order chi connectivity index (χ1) is 9.29. The molecule has 0 heterocycles. The molecular weight excluding hydrogens is 270 g/mol. The Labute approximate surface area is 127 Å². The van der Waals surface area contributed by atoms with Gasteiger partial charge in [-0.3, -0.25) is 0 Å². The summed E-state index contributed by atoms with van der Waals surface area (Å²) in [6.45, 7) is 4.13. The van der Waals surface area contributed by atoms with Gasteiger partial charge >= 0.3 is 0 Å². The van der Waals surface area contributed by atoms with Gasteiger partial charge in [-0.05, 0) is 29.2 Å². The van der Waals surface area contributed by atoms with E-state index in [1.807, 2.05) is 18.2 Å². The van der Waals surface area contributed by atoms with Crippen LogP contribution < -0.4 is 10.1 Å². The van der Waals surface area contributed by atoms with E-state index in [1.165, 1.54) is 11.1 Å². The van der Waals surface area contributed by atoms with Crippen LogP contribution in [0.5, 0.6) is 5.75 Å². The van der Waals surface area contributed by atoms with Gasteiger partial charge in [-0.15, -0.1) is 12.4 Å². The SMILES string of the molecule is COc1ccc(C(C)CNCc2ccccc2)cc1.Cl. The van der Waals surface area contributed by atoms with Crippen molar-refractivity contribution in [3.05, 3.63) is 65.7 Å². The van der Waals surface area contributed by atoms with Crippen LogP contribution in [-0.2, 0) is 6.54 Å². The van der Waals surface area contributed by atoms with Crippen molar-refractivity contribution in [2.75, 3.05) is 13.7 Å². The van der Waals surface area contributed by atoms with Crippen LogP contribution >= 0.6 is 12.4 Å². The van der Waals surface area contributed by atoms with Crippen molar-refractivity contribution in [1.29, 1.82) is 0 Å². The van der Waals surface area contributed by atoms with Crippen LogP contribution in [0.2, 0.25) is 0 Å². The highest BCUT2D eigenvalue weighted by Crippen LogP contribution is 2.18. The molecule has 0 aliphatic carbocycles. The highest BCUT2D eigenvalue weighted by Gasteiger charge is 2.05. The first kappa shape index (κ1) is 16.5. The van der Waals surface area contributed by atoms with Gasteiger partial charge in [-0.1, -0.05) is 49.4 Å². The van der Waals surface area contributed by atoms with Crippen LogP contribution in [0.15, 0.2) is 54.6 Å². The van der Waals surface area contributed by atoms with Crippen molar-refractivity contribution in [2.45, 2.75) is 19.4 Å². The molecule has 0 radical (unpaired) electrons. The summed E-state index contributed by atoms with van der Waals surface area (Å²) >= 11 is 0. The van der Waals surface area contributed by atoms with Gasteiger partial charge in [0.15, 0.2) is 0 Å². The Morgan fingerprint density at radius 3 is 2.25 bits per heavy atom. The molecular formula is C17H22ClNO. The predicted octanol–water partition coefficient (Wildman–Crippen LogP) is 4.01. The normalized spacial score (nSPS) is 11.5. The molecule has 108 valence electrons. The number of hydrogen-bond acceptors (Lipinski definition) is 2. The minimum absolute atomic E-state index is 0. The summed E-state index contributed by atoms with van der Waals surface area (Å²) < 4.78 is 5.17. The molecule has 2 aromatic rings. The number of methoxy groups -OCH3 is 1. The second-order valence-electron chi connectivity index (χ2n) is 4.79. The minimum atomic E-state index is 0. The molecule has 20 heavy (non-hydrogen) atoms. The van der Waals surface area contributed by atoms with E-state index >= 15 is 0 Å². The fraction of sp³-hybridized carbons (Fsp3) is 0.294. The van der Waals surface area contributed by atoms with Gasteiger partial charge in [0, 0.05) is 13.1 Å². The van der Waals surface area contributed by atoms with E-state index in [1.54, 1.807) is 7.11 Å². The zero-order chi connectivity index (χ0) is 13.5. The van der Waals surface area contributed by atoms with Crippen molar-refractivity contribution in [2.24, 2.45) is 0 Å². The van der Waals surface area contributed by atoms with Crippen LogP contribution in [0.25, 0.3) is 0 Å². The van der Waals surface area contributed by atoms with Crippen LogP contribution in [0.4, 0.5) is 0 Å². The van der Waals surface area contributed by atoms with E-state index in [0.717, 1.165) is 18.8 Å². The van der Waals surface area contributed by atoms with Crippen LogP contribution in [-0.4, -0.2) is 13.7 Å². The summed E-state index contributed by atoms with van der Waals surface area (Å²) in [4.78, 5) is 0. The maximum atomic E-state index is 5.17. The van der Waals surface area contributed by atoms with Gasteiger partial charge in [0.25, 0.3) is 0 Å². The summed E-state index contributed by atoms with van der Waals surface area (Å²) in [6.07, 6.45) is 0. The second kappa shape index (κ2) is 8.62. The van der Waals surface area contributed by atoms with Crippen LogP contribution in [0.3, 0.4) is 0 Å². The van der Waals surface area contributed by atoms with Crippen molar-refractivity contribution < 1.29 is 4.74 Å². The molecule has 2 nitrogen and oxygen atoms in total. The zero-order valence-electron chi connectivity index (χ0n) is 12.0. The Hall–Kier alpha value is -1.51. The smallest absolute Gasteiger partial charge is 0.118 e. The lowest BCUT2D eigenvalue weighted by Crippen LogP contribution is -2.19. The highest BCUT2D eigenvalue weighted by atomic mass is 35.5. The zero-order valence-corrected chi connectivity index (χ0v) is 12.8. The predicted molar refractivity (Wildman–Crippen MR) is 86.8 cm³/mol. The molecule has 0 saturated carbocycles. The molecule has 0 spiro atoms. The Morgan fingerprint density at radius 1 is 1.00 bits per heavy atom. The summed E-state index contributed by atoms with van der Waals surface area (Å²) in [5.41, 5.74) is 2.66. The largest absolute Gasteiger partial charge is 0.497 e. The lowest BCUT2D eigenvalue weighted by atomic mass is 10.0. The van der Waals surface area contributed by atoms with E-state index in [9.17, 15) is 0 Å². The fourth-order valence-electron chi connectivity index (χ4n) is 2.08. The van der Waals surface area contributed by atoms with E-state index in [-0.39, 0.29) is 12.4 Å². The fourth-order valence-corrected chi connectivity index (χ4v) is 2.08. The molecule has 0 aliphatic rings. The van der Waals surface area contributed by atoms with Gasteiger partial charge in [-0.25, -0.2) is 0 Å². The van der Waals surface area contributed by atoms with Crippen molar-refractivity contribution >= 4 is 12.4 Å². The molecule has 0 saturated heterocycles. The lowest BCUT2D eigenvalue weighted by molar-refractivity contribution is 0.414. The van der Waals surface area contributed by atoms with E-state index in [4.69, 9.17) is 4.74 Å². The molecule has 2 rings (SSSR count). The first-order valence-corrected chi connectivity index (χ1v) is 6.68. The maximum Gasteiger partial charge on any atom is 0.118 e. The Balaban J connectivity index is 0.00000200. The van der Waals surface area contributed by atoms with Gasteiger partial charge in [-0.2, -0.15) is 0 Å². The lowest BCUT2D eigenvalue weighted by Gasteiger charge is -2.13. The Bertz CT molecular complexity index is 484. The van der Waals surface area contributed by atoms with Crippen LogP contribution in [0.1, 0.15) is 24.0 Å². The number of rotatable bonds is 6. The molecule has 2 aromatic carbocycles. The third kappa shape index (κ3) is 4.87. The molecule has 0 bridgehead atoms. The van der Waals surface area contributed by atoms with Crippen molar-refractivity contribution in [1.82, 2.24) is 5.32 Å². The topological polar surface area (TPSA) is 21.3 Å². The Morgan fingerprint density at radius 2 is 1.65 bits per heavy atom. The van der Waals surface area contributed by atoms with E-state index < -0.39 is 0 Å². The molecule has 1 unspecified atom stereocenters. The highest BCUT2D eigenvalue weighted by molar-refractivity contribution is 5.85. The molecule has 0 aliphatic heterocycles. The van der Waals surface area contributed by atoms with Crippen molar-refractivity contribution in [3.63, 3.8) is 0 Å². The van der Waals surface area contributed by atoms with E-state index in [0.29, 0.717) is 5.92 Å². The average Bonchev–Trinajstić information content (AvgIpc) is 2.48. The summed E-state index contributed by atoms with van der Waals surface area (Å²) in [7, 11) is 1.69. The monoisotopic (exact) mass is 291 g/mol. The number of halogens is 1. The number of hydrogen-bond donors (Lipinski definition) is 1. The Kier molecular flexibility index (Phi) is 7.13. The summed E-state index contributed by atoms with van der Waals surface area (Å²) in [5.74, 6) is 1.41. The van der Waals surface area contributed by atoms with Crippen molar-refractivity contribution in [3.8, 4) is 5.75 Å². The number of benzene rings is 2. The average molecular weight is 292 g/mol. The number of nitrogens with one attached hydrogen (secondary N) is 1. The maximum absolute atomic E-state index is 5.17. The first-order valence-electron chi connectivity index (χ1n) is 6.68. The van der Waals surface area contributed by atoms with Gasteiger partial charge < -0.3 is 10.1 Å². The standard InChI is InChI=1S/C17H21NO.ClH/c1-14(16-8-10-17(19-2)11-9-16)12-18-13-15-6-4-3-5-7-15;/h3-11,14,18H,12-13H2,1-2H3;1H. The van der Waals surface area contributed by atoms with Gasteiger partial charge in [0.2, 0.25) is 0 Å². The number of ether oxygens (including phenoxy) is 1. The van der Waals surface area contributed by atoms with Gasteiger partial charge in [0.05, 0.1) is 7.11 Å². The quantitative estimate of drug-likeness (QED) is 0.868. The molecule has 1 N–H and O–H groups in total. The minimum Gasteiger partial charge on any atom is -0.497 e. The summed E-state index contributed by atoms with van der Waals surface area (Å²) in [5, 5.41) is 3.50. The molecule has 0 fully saturated rings. The third-order valence-electron chi connectivity index (χ3n) is 3.31. The summed E-state index contributed by atoms with van der Waals surface area (Å²) in [6, 6.07) is 18.8. The molecule has 0 aromatic heterocycles. The van der Waals surface area contributed by atoms with E-state index in [2.05, 4.69) is 48.6 Å².